The van der Waals surface area contributed by atoms with Crippen LogP contribution in [-0.2, 0) is 11.3 Å². The predicted molar refractivity (Wildman–Crippen MR) is 65.2 cm³/mol. The summed E-state index contributed by atoms with van der Waals surface area (Å²) in [5.74, 6) is 0. The Labute approximate surface area is 105 Å². The molecule has 0 N–H and O–H groups in total. The van der Waals surface area contributed by atoms with Gasteiger partial charge in [0.2, 0.25) is 0 Å². The van der Waals surface area contributed by atoms with E-state index in [0.29, 0.717) is 37.9 Å². The van der Waals surface area contributed by atoms with Crippen molar-refractivity contribution in [3.8, 4) is 0 Å². The van der Waals surface area contributed by atoms with E-state index >= 15 is 0 Å². The molecule has 1 aromatic carbocycles. The summed E-state index contributed by atoms with van der Waals surface area (Å²) < 4.78 is 5.23. The molecule has 0 aliphatic carbocycles. The molecule has 1 fully saturated rings. The van der Waals surface area contributed by atoms with E-state index in [9.17, 15) is 4.91 Å². The summed E-state index contributed by atoms with van der Waals surface area (Å²) in [6.07, 6.45) is 0. The number of nitroso groups, excluding NO2 is 1. The van der Waals surface area contributed by atoms with Crippen molar-refractivity contribution in [2.24, 2.45) is 5.29 Å². The first-order chi connectivity index (χ1) is 8.29. The lowest BCUT2D eigenvalue weighted by atomic mass is 10.2. The highest BCUT2D eigenvalue weighted by molar-refractivity contribution is 6.30. The quantitative estimate of drug-likeness (QED) is 0.610. The zero-order chi connectivity index (χ0) is 12.1. The fourth-order valence-electron chi connectivity index (χ4n) is 1.72. The molecule has 0 amide bonds. The summed E-state index contributed by atoms with van der Waals surface area (Å²) in [6.45, 7) is 3.11. The molecule has 0 aromatic heterocycles. The molecule has 17 heavy (non-hydrogen) atoms. The Balaban J connectivity index is 1.98. The molecule has 0 spiro atoms. The van der Waals surface area contributed by atoms with E-state index in [1.54, 1.807) is 12.1 Å². The van der Waals surface area contributed by atoms with Crippen LogP contribution in [-0.4, -0.2) is 36.4 Å². The topological polar surface area (TPSA) is 45.1 Å². The lowest BCUT2D eigenvalue weighted by molar-refractivity contribution is -0.0960. The minimum atomic E-state index is 0.459. The van der Waals surface area contributed by atoms with Gasteiger partial charge < -0.3 is 4.74 Å². The molecule has 6 heteroatoms. The van der Waals surface area contributed by atoms with Gasteiger partial charge in [0, 0.05) is 18.1 Å². The van der Waals surface area contributed by atoms with Crippen molar-refractivity contribution in [3.05, 3.63) is 39.8 Å². The number of morpholine rings is 1. The van der Waals surface area contributed by atoms with Crippen LogP contribution in [0.3, 0.4) is 0 Å². The lowest BCUT2D eigenvalue weighted by Gasteiger charge is -2.32. The van der Waals surface area contributed by atoms with Gasteiger partial charge in [-0.15, -0.1) is 4.91 Å². The number of hydrogen-bond acceptors (Lipinski definition) is 4. The average Bonchev–Trinajstić information content (AvgIpc) is 2.39. The van der Waals surface area contributed by atoms with Crippen LogP contribution < -0.4 is 0 Å². The van der Waals surface area contributed by atoms with Gasteiger partial charge in [-0.1, -0.05) is 23.7 Å². The Bertz CT molecular complexity index is 365. The molecular weight excluding hydrogens is 242 g/mol. The normalized spacial score (nSPS) is 16.8. The summed E-state index contributed by atoms with van der Waals surface area (Å²) in [5.41, 5.74) is 1.00. The number of benzene rings is 1. The summed E-state index contributed by atoms with van der Waals surface area (Å²) in [6, 6.07) is 7.39. The van der Waals surface area contributed by atoms with Gasteiger partial charge in [-0.3, -0.25) is 0 Å². The standard InChI is InChI=1S/C11H14ClN3O2/c12-11-3-1-10(2-4-11)9-15(13-16)14-5-7-17-8-6-14/h1-4H,5-9H2. The third kappa shape index (κ3) is 3.39. The van der Waals surface area contributed by atoms with Gasteiger partial charge in [-0.05, 0) is 17.7 Å². The van der Waals surface area contributed by atoms with Crippen LogP contribution >= 0.6 is 11.6 Å². The van der Waals surface area contributed by atoms with E-state index in [4.69, 9.17) is 16.3 Å². The van der Waals surface area contributed by atoms with Gasteiger partial charge in [0.05, 0.1) is 25.0 Å². The first kappa shape index (κ1) is 12.3. The molecule has 1 aromatic rings. The number of rotatable bonds is 4. The molecule has 0 bridgehead atoms. The average molecular weight is 256 g/mol. The Morgan fingerprint density at radius 2 is 1.94 bits per heavy atom. The highest BCUT2D eigenvalue weighted by atomic mass is 35.5. The molecule has 2 rings (SSSR count). The molecule has 0 radical (unpaired) electrons. The minimum absolute atomic E-state index is 0.459. The van der Waals surface area contributed by atoms with Crippen molar-refractivity contribution < 1.29 is 4.74 Å². The van der Waals surface area contributed by atoms with Crippen LogP contribution in [0.15, 0.2) is 29.6 Å². The second-order valence-corrected chi connectivity index (χ2v) is 4.24. The highest BCUT2D eigenvalue weighted by Crippen LogP contribution is 2.13. The summed E-state index contributed by atoms with van der Waals surface area (Å²) in [5, 5.41) is 7.07. The summed E-state index contributed by atoms with van der Waals surface area (Å²) in [7, 11) is 0. The summed E-state index contributed by atoms with van der Waals surface area (Å²) >= 11 is 5.81. The number of hydrogen-bond donors (Lipinski definition) is 0. The van der Waals surface area contributed by atoms with Crippen molar-refractivity contribution in [1.29, 1.82) is 0 Å². The van der Waals surface area contributed by atoms with Crippen LogP contribution in [0.25, 0.3) is 0 Å². The third-order valence-electron chi connectivity index (χ3n) is 2.65. The smallest absolute Gasteiger partial charge is 0.0818 e. The van der Waals surface area contributed by atoms with Crippen LogP contribution in [0.5, 0.6) is 0 Å². The molecular formula is C11H14ClN3O2. The van der Waals surface area contributed by atoms with Crippen LogP contribution in [0.1, 0.15) is 5.56 Å². The fraction of sp³-hybridized carbons (Fsp3) is 0.455. The van der Waals surface area contributed by atoms with Gasteiger partial charge >= 0.3 is 0 Å². The van der Waals surface area contributed by atoms with Crippen LogP contribution in [0.4, 0.5) is 0 Å². The number of ether oxygens (including phenoxy) is 1. The molecule has 1 aliphatic rings. The Morgan fingerprint density at radius 3 is 2.53 bits per heavy atom. The van der Waals surface area contributed by atoms with Gasteiger partial charge in [-0.2, -0.15) is 10.1 Å². The highest BCUT2D eigenvalue weighted by Gasteiger charge is 2.18. The lowest BCUT2D eigenvalue weighted by Crippen LogP contribution is -2.45. The zero-order valence-corrected chi connectivity index (χ0v) is 10.1. The van der Waals surface area contributed by atoms with E-state index < -0.39 is 0 Å². The van der Waals surface area contributed by atoms with Crippen LogP contribution in [0.2, 0.25) is 5.02 Å². The predicted octanol–water partition coefficient (Wildman–Crippen LogP) is 2.07. The third-order valence-corrected chi connectivity index (χ3v) is 2.90. The molecule has 5 nitrogen and oxygen atoms in total. The van der Waals surface area contributed by atoms with Gasteiger partial charge in [0.15, 0.2) is 0 Å². The maximum Gasteiger partial charge on any atom is 0.0818 e. The van der Waals surface area contributed by atoms with Crippen molar-refractivity contribution in [2.75, 3.05) is 26.3 Å². The molecule has 0 atom stereocenters. The van der Waals surface area contributed by atoms with E-state index in [2.05, 4.69) is 5.29 Å². The van der Waals surface area contributed by atoms with Crippen molar-refractivity contribution >= 4 is 11.6 Å². The molecule has 92 valence electrons. The molecule has 0 unspecified atom stereocenters. The second kappa shape index (κ2) is 5.95. The van der Waals surface area contributed by atoms with Gasteiger partial charge in [0.1, 0.15) is 0 Å². The molecule has 1 heterocycles. The summed E-state index contributed by atoms with van der Waals surface area (Å²) in [4.78, 5) is 10.8. The van der Waals surface area contributed by atoms with Crippen molar-refractivity contribution in [2.45, 2.75) is 6.54 Å². The molecule has 0 saturated carbocycles. The van der Waals surface area contributed by atoms with Crippen molar-refractivity contribution in [1.82, 2.24) is 10.1 Å². The molecule has 1 aliphatic heterocycles. The maximum atomic E-state index is 10.8. The number of hydrazine groups is 1. The van der Waals surface area contributed by atoms with Crippen LogP contribution in [0, 0.1) is 4.91 Å². The first-order valence-corrected chi connectivity index (χ1v) is 5.85. The van der Waals surface area contributed by atoms with Crippen molar-refractivity contribution in [3.63, 3.8) is 0 Å². The van der Waals surface area contributed by atoms with Gasteiger partial charge in [0.25, 0.3) is 0 Å². The first-order valence-electron chi connectivity index (χ1n) is 5.47. The van der Waals surface area contributed by atoms with E-state index in [0.717, 1.165) is 5.56 Å². The Hall–Kier alpha value is -1.17. The monoisotopic (exact) mass is 255 g/mol. The molecule has 1 saturated heterocycles. The minimum Gasteiger partial charge on any atom is -0.379 e. The SMILES string of the molecule is O=NN(Cc1ccc(Cl)cc1)N1CCOCC1. The fourth-order valence-corrected chi connectivity index (χ4v) is 1.84. The Morgan fingerprint density at radius 1 is 1.29 bits per heavy atom. The Kier molecular flexibility index (Phi) is 4.30. The van der Waals surface area contributed by atoms with E-state index in [-0.39, 0.29) is 0 Å². The number of nitrogens with zero attached hydrogens (tertiary/aromatic N) is 3. The second-order valence-electron chi connectivity index (χ2n) is 3.80. The maximum absolute atomic E-state index is 10.8. The largest absolute Gasteiger partial charge is 0.379 e. The van der Waals surface area contributed by atoms with E-state index in [1.807, 2.05) is 17.1 Å². The zero-order valence-electron chi connectivity index (χ0n) is 9.38. The van der Waals surface area contributed by atoms with E-state index in [1.165, 1.54) is 5.12 Å². The van der Waals surface area contributed by atoms with Gasteiger partial charge in [-0.25, -0.2) is 0 Å². The number of halogens is 1.